The molecule has 6 heteroatoms. The summed E-state index contributed by atoms with van der Waals surface area (Å²) in [6, 6.07) is 3.15. The summed E-state index contributed by atoms with van der Waals surface area (Å²) in [6.07, 6.45) is 0.931. The average molecular weight is 251 g/mol. The van der Waals surface area contributed by atoms with Crippen molar-refractivity contribution >= 4 is 23.5 Å². The molecule has 6 nitrogen and oxygen atoms in total. The SMILES string of the molecule is CC(=O)Nc1cc(NC(=O)OC(C)(C)C)ccn1. The summed E-state index contributed by atoms with van der Waals surface area (Å²) in [4.78, 5) is 26.3. The van der Waals surface area contributed by atoms with E-state index in [1.807, 2.05) is 0 Å². The molecule has 2 amide bonds. The van der Waals surface area contributed by atoms with Crippen molar-refractivity contribution in [3.05, 3.63) is 18.3 Å². The van der Waals surface area contributed by atoms with E-state index >= 15 is 0 Å². The monoisotopic (exact) mass is 251 g/mol. The minimum absolute atomic E-state index is 0.225. The smallest absolute Gasteiger partial charge is 0.412 e. The molecular formula is C12H17N3O3. The van der Waals surface area contributed by atoms with Crippen molar-refractivity contribution in [3.8, 4) is 0 Å². The van der Waals surface area contributed by atoms with E-state index in [1.165, 1.54) is 13.1 Å². The van der Waals surface area contributed by atoms with Gasteiger partial charge < -0.3 is 10.1 Å². The molecule has 1 heterocycles. The van der Waals surface area contributed by atoms with Crippen molar-refractivity contribution in [1.82, 2.24) is 4.98 Å². The predicted molar refractivity (Wildman–Crippen MR) is 68.4 cm³/mol. The molecule has 0 atom stereocenters. The maximum atomic E-state index is 11.5. The van der Waals surface area contributed by atoms with Crippen LogP contribution in [-0.2, 0) is 9.53 Å². The normalized spacial score (nSPS) is 10.7. The van der Waals surface area contributed by atoms with Gasteiger partial charge in [-0.15, -0.1) is 0 Å². The second-order valence-electron chi connectivity index (χ2n) is 4.74. The topological polar surface area (TPSA) is 80.3 Å². The molecule has 0 fully saturated rings. The number of pyridine rings is 1. The summed E-state index contributed by atoms with van der Waals surface area (Å²) in [5.41, 5.74) is -0.0552. The Hall–Kier alpha value is -2.11. The lowest BCUT2D eigenvalue weighted by Gasteiger charge is -2.19. The molecule has 0 bridgehead atoms. The highest BCUT2D eigenvalue weighted by Crippen LogP contribution is 2.14. The fraction of sp³-hybridized carbons (Fsp3) is 0.417. The van der Waals surface area contributed by atoms with Crippen molar-refractivity contribution in [2.24, 2.45) is 0 Å². The largest absolute Gasteiger partial charge is 0.444 e. The Morgan fingerprint density at radius 3 is 2.50 bits per heavy atom. The average Bonchev–Trinajstić information content (AvgIpc) is 2.13. The minimum atomic E-state index is -0.558. The number of hydrogen-bond donors (Lipinski definition) is 2. The van der Waals surface area contributed by atoms with E-state index in [0.717, 1.165) is 0 Å². The lowest BCUT2D eigenvalue weighted by atomic mass is 10.2. The molecule has 0 radical (unpaired) electrons. The molecule has 0 saturated carbocycles. The molecule has 0 aliphatic carbocycles. The van der Waals surface area contributed by atoms with Gasteiger partial charge in [-0.1, -0.05) is 0 Å². The Morgan fingerprint density at radius 2 is 1.94 bits per heavy atom. The Kier molecular flexibility index (Phi) is 4.25. The van der Waals surface area contributed by atoms with E-state index in [1.54, 1.807) is 32.9 Å². The highest BCUT2D eigenvalue weighted by molar-refractivity contribution is 5.89. The van der Waals surface area contributed by atoms with Crippen LogP contribution in [0.4, 0.5) is 16.3 Å². The highest BCUT2D eigenvalue weighted by Gasteiger charge is 2.16. The summed E-state index contributed by atoms with van der Waals surface area (Å²) in [5.74, 6) is 0.146. The van der Waals surface area contributed by atoms with Gasteiger partial charge in [0.2, 0.25) is 5.91 Å². The van der Waals surface area contributed by atoms with Gasteiger partial charge in [-0.3, -0.25) is 10.1 Å². The summed E-state index contributed by atoms with van der Waals surface area (Å²) in [5, 5.41) is 5.08. The van der Waals surface area contributed by atoms with Crippen LogP contribution in [0, 0.1) is 0 Å². The summed E-state index contributed by atoms with van der Waals surface area (Å²) in [7, 11) is 0. The van der Waals surface area contributed by atoms with Crippen LogP contribution in [0.5, 0.6) is 0 Å². The molecule has 0 spiro atoms. The minimum Gasteiger partial charge on any atom is -0.444 e. The molecule has 0 aromatic carbocycles. The molecule has 1 aromatic rings. The standard InChI is InChI=1S/C12H17N3O3/c1-8(16)14-10-7-9(5-6-13-10)15-11(17)18-12(2,3)4/h5-7H,1-4H3,(H2,13,14,15,16,17). The van der Waals surface area contributed by atoms with Crippen LogP contribution in [0.15, 0.2) is 18.3 Å². The van der Waals surface area contributed by atoms with Gasteiger partial charge in [-0.2, -0.15) is 0 Å². The van der Waals surface area contributed by atoms with Crippen molar-refractivity contribution in [2.75, 3.05) is 10.6 Å². The predicted octanol–water partition coefficient (Wildman–Crippen LogP) is 2.39. The first-order valence-corrected chi connectivity index (χ1v) is 5.50. The first-order valence-electron chi connectivity index (χ1n) is 5.50. The fourth-order valence-corrected chi connectivity index (χ4v) is 1.18. The van der Waals surface area contributed by atoms with Gasteiger partial charge in [0, 0.05) is 24.9 Å². The highest BCUT2D eigenvalue weighted by atomic mass is 16.6. The number of anilines is 2. The van der Waals surface area contributed by atoms with Crippen LogP contribution in [0.1, 0.15) is 27.7 Å². The van der Waals surface area contributed by atoms with E-state index < -0.39 is 11.7 Å². The van der Waals surface area contributed by atoms with Gasteiger partial charge in [0.1, 0.15) is 11.4 Å². The lowest BCUT2D eigenvalue weighted by Crippen LogP contribution is -2.27. The van der Waals surface area contributed by atoms with Crippen LogP contribution in [0.2, 0.25) is 0 Å². The van der Waals surface area contributed by atoms with E-state index in [0.29, 0.717) is 11.5 Å². The van der Waals surface area contributed by atoms with Crippen LogP contribution in [0.25, 0.3) is 0 Å². The van der Waals surface area contributed by atoms with E-state index in [9.17, 15) is 9.59 Å². The molecule has 1 rings (SSSR count). The van der Waals surface area contributed by atoms with Crippen LogP contribution >= 0.6 is 0 Å². The van der Waals surface area contributed by atoms with E-state index in [2.05, 4.69) is 15.6 Å². The maximum absolute atomic E-state index is 11.5. The number of hydrogen-bond acceptors (Lipinski definition) is 4. The van der Waals surface area contributed by atoms with Crippen molar-refractivity contribution in [1.29, 1.82) is 0 Å². The summed E-state index contributed by atoms with van der Waals surface area (Å²) >= 11 is 0. The third-order valence-electron chi connectivity index (χ3n) is 1.71. The number of nitrogens with zero attached hydrogens (tertiary/aromatic N) is 1. The van der Waals surface area contributed by atoms with Crippen LogP contribution in [0.3, 0.4) is 0 Å². The van der Waals surface area contributed by atoms with Gasteiger partial charge in [0.25, 0.3) is 0 Å². The maximum Gasteiger partial charge on any atom is 0.412 e. The molecule has 0 unspecified atom stereocenters. The number of amides is 2. The number of nitrogens with one attached hydrogen (secondary N) is 2. The zero-order valence-electron chi connectivity index (χ0n) is 10.9. The third-order valence-corrected chi connectivity index (χ3v) is 1.71. The third kappa shape index (κ3) is 5.29. The van der Waals surface area contributed by atoms with E-state index in [4.69, 9.17) is 4.74 Å². The molecule has 98 valence electrons. The van der Waals surface area contributed by atoms with Crippen LogP contribution in [-0.4, -0.2) is 22.6 Å². The first kappa shape index (κ1) is 14.0. The van der Waals surface area contributed by atoms with Crippen molar-refractivity contribution in [2.45, 2.75) is 33.3 Å². The number of carbonyl (C=O) groups is 2. The van der Waals surface area contributed by atoms with Crippen LogP contribution < -0.4 is 10.6 Å². The van der Waals surface area contributed by atoms with Gasteiger partial charge in [-0.25, -0.2) is 9.78 Å². The second-order valence-corrected chi connectivity index (χ2v) is 4.74. The number of ether oxygens (including phenoxy) is 1. The molecule has 2 N–H and O–H groups in total. The Bertz CT molecular complexity index is 452. The second kappa shape index (κ2) is 5.48. The first-order chi connectivity index (χ1) is 8.26. The Balaban J connectivity index is 2.67. The lowest BCUT2D eigenvalue weighted by molar-refractivity contribution is -0.114. The Morgan fingerprint density at radius 1 is 1.28 bits per heavy atom. The molecule has 1 aromatic heterocycles. The van der Waals surface area contributed by atoms with Gasteiger partial charge in [0.05, 0.1) is 0 Å². The molecule has 0 saturated heterocycles. The summed E-state index contributed by atoms with van der Waals surface area (Å²) in [6.45, 7) is 6.72. The zero-order chi connectivity index (χ0) is 13.8. The summed E-state index contributed by atoms with van der Waals surface area (Å²) < 4.78 is 5.10. The quantitative estimate of drug-likeness (QED) is 0.845. The zero-order valence-corrected chi connectivity index (χ0v) is 10.9. The number of rotatable bonds is 2. The van der Waals surface area contributed by atoms with E-state index in [-0.39, 0.29) is 5.91 Å². The van der Waals surface area contributed by atoms with Crippen molar-refractivity contribution < 1.29 is 14.3 Å². The fourth-order valence-electron chi connectivity index (χ4n) is 1.18. The van der Waals surface area contributed by atoms with Gasteiger partial charge >= 0.3 is 6.09 Å². The molecule has 0 aliphatic heterocycles. The van der Waals surface area contributed by atoms with Crippen molar-refractivity contribution in [3.63, 3.8) is 0 Å². The Labute approximate surface area is 106 Å². The van der Waals surface area contributed by atoms with Gasteiger partial charge in [-0.05, 0) is 26.8 Å². The number of aromatic nitrogens is 1. The molecular weight excluding hydrogens is 234 g/mol. The molecule has 18 heavy (non-hydrogen) atoms. The number of carbonyl (C=O) groups excluding carboxylic acids is 2. The van der Waals surface area contributed by atoms with Gasteiger partial charge in [0.15, 0.2) is 0 Å². The molecule has 0 aliphatic rings.